The zero-order valence-corrected chi connectivity index (χ0v) is 19.5. The monoisotopic (exact) mass is 490 g/mol. The molecule has 4 heterocycles. The van der Waals surface area contributed by atoms with Crippen LogP contribution in [0.2, 0.25) is 0 Å². The van der Waals surface area contributed by atoms with Gasteiger partial charge in [0.25, 0.3) is 5.56 Å². The van der Waals surface area contributed by atoms with Crippen LogP contribution < -0.4 is 15.8 Å². The number of fused-ring (bicyclic) bond motifs is 1. The first kappa shape index (κ1) is 23.3. The second-order valence-electron chi connectivity index (χ2n) is 9.09. The van der Waals surface area contributed by atoms with E-state index >= 15 is 0 Å². The summed E-state index contributed by atoms with van der Waals surface area (Å²) in [5.74, 6) is 0.0288. The topological polar surface area (TPSA) is 94.3 Å². The Balaban J connectivity index is 1.70. The minimum atomic E-state index is -4.65. The molecule has 3 aromatic rings. The van der Waals surface area contributed by atoms with Gasteiger partial charge in [-0.3, -0.25) is 9.59 Å². The highest BCUT2D eigenvalue weighted by Gasteiger charge is 2.40. The summed E-state index contributed by atoms with van der Waals surface area (Å²) in [5, 5.41) is 7.51. The van der Waals surface area contributed by atoms with Crippen molar-refractivity contribution in [1.82, 2.24) is 19.3 Å². The molecule has 3 aromatic heterocycles. The van der Waals surface area contributed by atoms with Crippen molar-refractivity contribution in [2.45, 2.75) is 51.1 Å². The first-order valence-electron chi connectivity index (χ1n) is 11.3. The number of aromatic nitrogens is 4. The van der Waals surface area contributed by atoms with Crippen molar-refractivity contribution in [3.63, 3.8) is 0 Å². The maximum absolute atomic E-state index is 13.7. The van der Waals surface area contributed by atoms with E-state index < -0.39 is 17.8 Å². The van der Waals surface area contributed by atoms with Crippen molar-refractivity contribution in [2.24, 2.45) is 0 Å². The summed E-state index contributed by atoms with van der Waals surface area (Å²) >= 11 is 0. The minimum Gasteiger partial charge on any atom is -0.378 e. The summed E-state index contributed by atoms with van der Waals surface area (Å²) in [6.07, 6.45) is 0.688. The van der Waals surface area contributed by atoms with E-state index in [1.165, 1.54) is 6.92 Å². The molecule has 1 N–H and O–H groups in total. The predicted octanol–water partition coefficient (Wildman–Crippen LogP) is 3.51. The fraction of sp³-hybridized carbons (Fsp3) is 0.478. The average molecular weight is 490 g/mol. The first-order chi connectivity index (χ1) is 16.6. The van der Waals surface area contributed by atoms with Gasteiger partial charge in [-0.2, -0.15) is 18.3 Å². The van der Waals surface area contributed by atoms with Crippen LogP contribution >= 0.6 is 0 Å². The largest absolute Gasteiger partial charge is 0.410 e. The third kappa shape index (κ3) is 4.26. The number of nitrogens with zero attached hydrogens (tertiary/aromatic N) is 5. The average Bonchev–Trinajstić information content (AvgIpc) is 3.53. The lowest BCUT2D eigenvalue weighted by Crippen LogP contribution is -2.54. The molecule has 1 amide bonds. The lowest BCUT2D eigenvalue weighted by molar-refractivity contribution is -0.166. The van der Waals surface area contributed by atoms with Gasteiger partial charge in [-0.25, -0.2) is 9.67 Å². The molecule has 0 spiro atoms. The Morgan fingerprint density at radius 1 is 1.26 bits per heavy atom. The summed E-state index contributed by atoms with van der Waals surface area (Å²) in [5.41, 5.74) is 0.919. The van der Waals surface area contributed by atoms with Crippen LogP contribution in [0.5, 0.6) is 0 Å². The number of nitrogens with one attached hydrogen (secondary N) is 1. The zero-order valence-electron chi connectivity index (χ0n) is 19.5. The van der Waals surface area contributed by atoms with Crippen molar-refractivity contribution in [3.05, 3.63) is 34.9 Å². The number of amides is 1. The second kappa shape index (κ2) is 8.36. The lowest BCUT2D eigenvalue weighted by Gasteiger charge is -2.39. The molecule has 0 aromatic carbocycles. The third-order valence-corrected chi connectivity index (χ3v) is 6.52. The van der Waals surface area contributed by atoms with Crippen LogP contribution in [0.3, 0.4) is 0 Å². The molecule has 2 aliphatic rings. The van der Waals surface area contributed by atoms with Gasteiger partial charge >= 0.3 is 6.18 Å². The van der Waals surface area contributed by atoms with Gasteiger partial charge in [0.2, 0.25) is 5.91 Å². The molecule has 0 radical (unpaired) electrons. The normalized spacial score (nSPS) is 17.5. The molecule has 1 unspecified atom stereocenters. The van der Waals surface area contributed by atoms with Crippen LogP contribution in [0, 0.1) is 0 Å². The van der Waals surface area contributed by atoms with Crippen LogP contribution in [0.4, 0.5) is 24.7 Å². The van der Waals surface area contributed by atoms with E-state index in [4.69, 9.17) is 4.74 Å². The molecule has 1 atom stereocenters. The predicted molar refractivity (Wildman–Crippen MR) is 124 cm³/mol. The number of halogens is 3. The van der Waals surface area contributed by atoms with Gasteiger partial charge in [0.05, 0.1) is 23.5 Å². The van der Waals surface area contributed by atoms with Gasteiger partial charge in [-0.15, -0.1) is 0 Å². The molecule has 9 nitrogen and oxygen atoms in total. The molecule has 2 fully saturated rings. The Bertz CT molecular complexity index is 1360. The van der Waals surface area contributed by atoms with Crippen molar-refractivity contribution < 1.29 is 22.7 Å². The molecular formula is C23H25F3N6O3. The molecule has 35 heavy (non-hydrogen) atoms. The van der Waals surface area contributed by atoms with E-state index in [0.717, 1.165) is 25.3 Å². The summed E-state index contributed by atoms with van der Waals surface area (Å²) in [7, 11) is 1.55. The summed E-state index contributed by atoms with van der Waals surface area (Å²) in [6, 6.07) is 1.37. The Labute approximate surface area is 198 Å². The lowest BCUT2D eigenvalue weighted by atomic mass is 10.1. The standard InChI is InChI=1S/C23H25F3N6O3/c1-12(23(24,25)26)32-22(34)19(30-9-15(10-30)35-3)7-18(29-32)17-11-31(14-4-5-14)20-8-27-21(6-16(17)20)28-13(2)33/h6-8,11-12,14-15H,4-5,9-10H2,1-3H3,(H,27,28,33). The number of hydrogen-bond donors (Lipinski definition) is 1. The van der Waals surface area contributed by atoms with Crippen molar-refractivity contribution >= 4 is 28.3 Å². The molecule has 0 bridgehead atoms. The molecule has 1 saturated carbocycles. The maximum atomic E-state index is 13.7. The number of alkyl halides is 3. The van der Waals surface area contributed by atoms with Crippen LogP contribution in [0.1, 0.15) is 38.8 Å². The van der Waals surface area contributed by atoms with Crippen molar-refractivity contribution in [1.29, 1.82) is 0 Å². The van der Waals surface area contributed by atoms with Crippen LogP contribution in [0.15, 0.2) is 29.3 Å². The number of pyridine rings is 1. The maximum Gasteiger partial charge on any atom is 0.410 e. The summed E-state index contributed by atoms with van der Waals surface area (Å²) < 4.78 is 48.8. The highest BCUT2D eigenvalue weighted by molar-refractivity contribution is 5.98. The Kier molecular flexibility index (Phi) is 5.58. The summed E-state index contributed by atoms with van der Waals surface area (Å²) in [4.78, 5) is 30.7. The van der Waals surface area contributed by atoms with E-state index in [-0.39, 0.29) is 29.4 Å². The second-order valence-corrected chi connectivity index (χ2v) is 9.09. The number of carbonyl (C=O) groups is 1. The Hall–Kier alpha value is -3.41. The van der Waals surface area contributed by atoms with Gasteiger partial charge in [0, 0.05) is 50.3 Å². The van der Waals surface area contributed by atoms with E-state index in [0.29, 0.717) is 34.5 Å². The molecule has 186 valence electrons. The highest BCUT2D eigenvalue weighted by Crippen LogP contribution is 2.42. The minimum absolute atomic E-state index is 0.0948. The van der Waals surface area contributed by atoms with Crippen LogP contribution in [-0.2, 0) is 9.53 Å². The van der Waals surface area contributed by atoms with Gasteiger partial charge in [-0.1, -0.05) is 0 Å². The van der Waals surface area contributed by atoms with Crippen LogP contribution in [-0.4, -0.2) is 57.7 Å². The first-order valence-corrected chi connectivity index (χ1v) is 11.3. The Morgan fingerprint density at radius 2 is 1.97 bits per heavy atom. The zero-order chi connectivity index (χ0) is 25.1. The van der Waals surface area contributed by atoms with Crippen LogP contribution in [0.25, 0.3) is 22.2 Å². The molecule has 1 aliphatic heterocycles. The van der Waals surface area contributed by atoms with E-state index in [1.54, 1.807) is 30.3 Å². The SMILES string of the molecule is COC1CN(c2cc(-c3cn(C4CC4)c4cnc(NC(C)=O)cc34)nn(C(C)C(F)(F)F)c2=O)C1. The molecular weight excluding hydrogens is 465 g/mol. The third-order valence-electron chi connectivity index (χ3n) is 6.52. The quantitative estimate of drug-likeness (QED) is 0.569. The van der Waals surface area contributed by atoms with E-state index in [9.17, 15) is 22.8 Å². The highest BCUT2D eigenvalue weighted by atomic mass is 19.4. The van der Waals surface area contributed by atoms with Gasteiger partial charge in [-0.05, 0) is 31.9 Å². The van der Waals surface area contributed by atoms with Gasteiger partial charge in [0.15, 0.2) is 0 Å². The fourth-order valence-electron chi connectivity index (χ4n) is 4.30. The molecule has 12 heteroatoms. The van der Waals surface area contributed by atoms with Crippen molar-refractivity contribution in [2.75, 3.05) is 30.4 Å². The fourth-order valence-corrected chi connectivity index (χ4v) is 4.30. The molecule has 1 aliphatic carbocycles. The number of anilines is 2. The van der Waals surface area contributed by atoms with Crippen molar-refractivity contribution in [3.8, 4) is 11.3 Å². The number of methoxy groups -OCH3 is 1. The van der Waals surface area contributed by atoms with Gasteiger partial charge < -0.3 is 19.5 Å². The number of rotatable bonds is 6. The number of carbonyl (C=O) groups excluding carboxylic acids is 1. The van der Waals surface area contributed by atoms with Gasteiger partial charge in [0.1, 0.15) is 17.5 Å². The molecule has 5 rings (SSSR count). The van der Waals surface area contributed by atoms with E-state index in [1.807, 2.05) is 10.8 Å². The Morgan fingerprint density at radius 3 is 2.57 bits per heavy atom. The van der Waals surface area contributed by atoms with E-state index in [2.05, 4.69) is 15.4 Å². The number of ether oxygens (including phenoxy) is 1. The smallest absolute Gasteiger partial charge is 0.378 e. The number of hydrogen-bond acceptors (Lipinski definition) is 6. The summed E-state index contributed by atoms with van der Waals surface area (Å²) in [6.45, 7) is 3.08. The molecule has 1 saturated heterocycles.